The molecule has 1 atom stereocenters. The minimum absolute atomic E-state index is 0.0116. The van der Waals surface area contributed by atoms with Crippen LogP contribution in [0.1, 0.15) is 21.8 Å². The van der Waals surface area contributed by atoms with Crippen molar-refractivity contribution in [3.63, 3.8) is 0 Å². The first-order chi connectivity index (χ1) is 10.8. The first kappa shape index (κ1) is 16.4. The Morgan fingerprint density at radius 3 is 2.87 bits per heavy atom. The van der Waals surface area contributed by atoms with E-state index < -0.39 is 9.84 Å². The SMILES string of the molecule is Cc1nc(-c2cccc(Cl)c2)sc1C(=O)N[C@H]1CCS(=O)(=O)C1. The van der Waals surface area contributed by atoms with Crippen molar-refractivity contribution < 1.29 is 13.2 Å². The number of nitrogens with zero attached hydrogens (tertiary/aromatic N) is 1. The lowest BCUT2D eigenvalue weighted by Crippen LogP contribution is -2.35. The van der Waals surface area contributed by atoms with Crippen molar-refractivity contribution in [3.05, 3.63) is 39.9 Å². The molecule has 8 heteroatoms. The number of aromatic nitrogens is 1. The molecule has 0 radical (unpaired) electrons. The summed E-state index contributed by atoms with van der Waals surface area (Å²) in [5.41, 5.74) is 1.48. The number of amides is 1. The Labute approximate surface area is 143 Å². The fourth-order valence-electron chi connectivity index (χ4n) is 2.51. The van der Waals surface area contributed by atoms with Crippen LogP contribution < -0.4 is 5.32 Å². The summed E-state index contributed by atoms with van der Waals surface area (Å²) in [4.78, 5) is 17.3. The molecule has 1 aromatic carbocycles. The zero-order valence-electron chi connectivity index (χ0n) is 12.4. The van der Waals surface area contributed by atoms with Crippen molar-refractivity contribution in [2.75, 3.05) is 11.5 Å². The molecule has 0 aliphatic carbocycles. The van der Waals surface area contributed by atoms with Crippen LogP contribution in [-0.2, 0) is 9.84 Å². The fourth-order valence-corrected chi connectivity index (χ4v) is 5.34. The molecule has 1 aliphatic rings. The predicted molar refractivity (Wildman–Crippen MR) is 91.8 cm³/mol. The highest BCUT2D eigenvalue weighted by molar-refractivity contribution is 7.91. The van der Waals surface area contributed by atoms with Gasteiger partial charge in [0.2, 0.25) is 0 Å². The van der Waals surface area contributed by atoms with E-state index in [0.29, 0.717) is 27.0 Å². The number of hydrogen-bond acceptors (Lipinski definition) is 5. The number of carbonyl (C=O) groups excluding carboxylic acids is 1. The molecule has 1 amide bonds. The Morgan fingerprint density at radius 2 is 2.22 bits per heavy atom. The minimum Gasteiger partial charge on any atom is -0.347 e. The summed E-state index contributed by atoms with van der Waals surface area (Å²) in [5.74, 6) is -0.124. The second-order valence-electron chi connectivity index (χ2n) is 5.52. The molecule has 1 aromatic heterocycles. The van der Waals surface area contributed by atoms with Gasteiger partial charge in [-0.3, -0.25) is 4.79 Å². The lowest BCUT2D eigenvalue weighted by Gasteiger charge is -2.09. The van der Waals surface area contributed by atoms with Gasteiger partial charge in [0.15, 0.2) is 9.84 Å². The third kappa shape index (κ3) is 3.73. The van der Waals surface area contributed by atoms with Gasteiger partial charge in [0.05, 0.1) is 17.2 Å². The lowest BCUT2D eigenvalue weighted by molar-refractivity contribution is 0.0944. The van der Waals surface area contributed by atoms with Crippen LogP contribution in [0.25, 0.3) is 10.6 Å². The molecule has 3 rings (SSSR count). The summed E-state index contributed by atoms with van der Waals surface area (Å²) in [6.45, 7) is 1.77. The first-order valence-electron chi connectivity index (χ1n) is 7.09. The van der Waals surface area contributed by atoms with Gasteiger partial charge in [-0.2, -0.15) is 0 Å². The van der Waals surface area contributed by atoms with Crippen LogP contribution >= 0.6 is 22.9 Å². The van der Waals surface area contributed by atoms with Gasteiger partial charge in [0, 0.05) is 16.6 Å². The standard InChI is InChI=1S/C15H15ClN2O3S2/c1-9-13(14(19)18-12-5-6-23(20,21)8-12)22-15(17-9)10-3-2-4-11(16)7-10/h2-4,7,12H,5-6,8H2,1H3,(H,18,19)/t12-/m0/s1. The summed E-state index contributed by atoms with van der Waals surface area (Å²) in [6, 6.07) is 6.97. The highest BCUT2D eigenvalue weighted by Gasteiger charge is 2.30. The number of halogens is 1. The van der Waals surface area contributed by atoms with E-state index >= 15 is 0 Å². The number of benzene rings is 1. The average molecular weight is 371 g/mol. The van der Waals surface area contributed by atoms with Crippen LogP contribution in [0, 0.1) is 6.92 Å². The molecular formula is C15H15ClN2O3S2. The van der Waals surface area contributed by atoms with E-state index in [-0.39, 0.29) is 23.5 Å². The van der Waals surface area contributed by atoms with Gasteiger partial charge in [0.1, 0.15) is 9.88 Å². The normalized spacial score (nSPS) is 19.7. The van der Waals surface area contributed by atoms with E-state index in [4.69, 9.17) is 11.6 Å². The van der Waals surface area contributed by atoms with E-state index in [9.17, 15) is 13.2 Å². The maximum Gasteiger partial charge on any atom is 0.263 e. The summed E-state index contributed by atoms with van der Waals surface area (Å²) in [5, 5.41) is 4.12. The molecule has 2 aromatic rings. The van der Waals surface area contributed by atoms with Gasteiger partial charge in [-0.05, 0) is 25.5 Å². The largest absolute Gasteiger partial charge is 0.347 e. The Hall–Kier alpha value is -1.44. The number of hydrogen-bond donors (Lipinski definition) is 1. The Kier molecular flexibility index (Phi) is 4.44. The highest BCUT2D eigenvalue weighted by atomic mass is 35.5. The number of thiazole rings is 1. The number of aryl methyl sites for hydroxylation is 1. The summed E-state index contributed by atoms with van der Waals surface area (Å²) in [7, 11) is -3.02. The minimum atomic E-state index is -3.02. The molecule has 1 saturated heterocycles. The topological polar surface area (TPSA) is 76.1 Å². The molecule has 0 unspecified atom stereocenters. The van der Waals surface area contributed by atoms with Crippen molar-refractivity contribution in [2.24, 2.45) is 0 Å². The smallest absolute Gasteiger partial charge is 0.263 e. The molecule has 0 saturated carbocycles. The first-order valence-corrected chi connectivity index (χ1v) is 10.1. The van der Waals surface area contributed by atoms with Crippen molar-refractivity contribution in [1.29, 1.82) is 0 Å². The van der Waals surface area contributed by atoms with Gasteiger partial charge in [-0.15, -0.1) is 11.3 Å². The average Bonchev–Trinajstić information content (AvgIpc) is 3.01. The molecule has 1 aliphatic heterocycles. The van der Waals surface area contributed by atoms with E-state index in [2.05, 4.69) is 10.3 Å². The molecule has 5 nitrogen and oxygen atoms in total. The Bertz CT molecular complexity index is 861. The van der Waals surface area contributed by atoms with Crippen LogP contribution in [0.15, 0.2) is 24.3 Å². The second kappa shape index (κ2) is 6.22. The van der Waals surface area contributed by atoms with Crippen molar-refractivity contribution in [1.82, 2.24) is 10.3 Å². The summed E-state index contributed by atoms with van der Waals surface area (Å²) < 4.78 is 22.9. The molecule has 2 heterocycles. The van der Waals surface area contributed by atoms with Crippen molar-refractivity contribution >= 4 is 38.7 Å². The molecule has 1 N–H and O–H groups in total. The quantitative estimate of drug-likeness (QED) is 0.901. The maximum absolute atomic E-state index is 12.4. The fraction of sp³-hybridized carbons (Fsp3) is 0.333. The van der Waals surface area contributed by atoms with Crippen LogP contribution in [-0.4, -0.2) is 36.9 Å². The van der Waals surface area contributed by atoms with Crippen molar-refractivity contribution in [2.45, 2.75) is 19.4 Å². The number of nitrogens with one attached hydrogen (secondary N) is 1. The monoisotopic (exact) mass is 370 g/mol. The predicted octanol–water partition coefficient (Wildman–Crippen LogP) is 2.69. The second-order valence-corrected chi connectivity index (χ2v) is 9.18. The Morgan fingerprint density at radius 1 is 1.43 bits per heavy atom. The third-order valence-corrected chi connectivity index (χ3v) is 6.85. The number of rotatable bonds is 3. The van der Waals surface area contributed by atoms with Crippen LogP contribution in [0.2, 0.25) is 5.02 Å². The number of sulfone groups is 1. The zero-order valence-corrected chi connectivity index (χ0v) is 14.8. The van der Waals surface area contributed by atoms with Gasteiger partial charge < -0.3 is 5.32 Å². The highest BCUT2D eigenvalue weighted by Crippen LogP contribution is 2.29. The molecule has 0 spiro atoms. The van der Waals surface area contributed by atoms with Gasteiger partial charge >= 0.3 is 0 Å². The zero-order chi connectivity index (χ0) is 16.6. The maximum atomic E-state index is 12.4. The third-order valence-electron chi connectivity index (χ3n) is 3.64. The number of carbonyl (C=O) groups is 1. The van der Waals surface area contributed by atoms with Crippen molar-refractivity contribution in [3.8, 4) is 10.6 Å². The van der Waals surface area contributed by atoms with Crippen LogP contribution in [0.5, 0.6) is 0 Å². The molecule has 1 fully saturated rings. The van der Waals surface area contributed by atoms with E-state index in [0.717, 1.165) is 5.56 Å². The van der Waals surface area contributed by atoms with Crippen LogP contribution in [0.4, 0.5) is 0 Å². The summed E-state index contributed by atoms with van der Waals surface area (Å²) in [6.07, 6.45) is 0.465. The molecule has 122 valence electrons. The molecular weight excluding hydrogens is 356 g/mol. The summed E-state index contributed by atoms with van der Waals surface area (Å²) >= 11 is 7.27. The van der Waals surface area contributed by atoms with Gasteiger partial charge in [-0.25, -0.2) is 13.4 Å². The van der Waals surface area contributed by atoms with E-state index in [1.165, 1.54) is 11.3 Å². The van der Waals surface area contributed by atoms with Gasteiger partial charge in [0.25, 0.3) is 5.91 Å². The molecule has 0 bridgehead atoms. The van der Waals surface area contributed by atoms with E-state index in [1.807, 2.05) is 12.1 Å². The van der Waals surface area contributed by atoms with Gasteiger partial charge in [-0.1, -0.05) is 23.7 Å². The molecule has 23 heavy (non-hydrogen) atoms. The van der Waals surface area contributed by atoms with E-state index in [1.54, 1.807) is 19.1 Å². The van der Waals surface area contributed by atoms with Crippen LogP contribution in [0.3, 0.4) is 0 Å². The Balaban J connectivity index is 1.79. The lowest BCUT2D eigenvalue weighted by atomic mass is 10.2.